The molecule has 0 aromatic heterocycles. The molecule has 0 spiro atoms. The van der Waals surface area contributed by atoms with Gasteiger partial charge in [-0.1, -0.05) is 33.1 Å². The zero-order valence-corrected chi connectivity index (χ0v) is 9.94. The first-order chi connectivity index (χ1) is 6.60. The number of hydrogen-bond donors (Lipinski definition) is 0. The van der Waals surface area contributed by atoms with E-state index in [1.165, 1.54) is 19.3 Å². The van der Waals surface area contributed by atoms with E-state index < -0.39 is 0 Å². The first-order valence-electron chi connectivity index (χ1n) is 6.12. The molecule has 14 heavy (non-hydrogen) atoms. The summed E-state index contributed by atoms with van der Waals surface area (Å²) in [4.78, 5) is 11.8. The normalized spacial score (nSPS) is 33.8. The lowest BCUT2D eigenvalue weighted by Crippen LogP contribution is -2.28. The minimum atomic E-state index is 0.0551. The summed E-state index contributed by atoms with van der Waals surface area (Å²) >= 11 is 0. The third-order valence-electron chi connectivity index (χ3n) is 3.94. The van der Waals surface area contributed by atoms with Crippen LogP contribution < -0.4 is 0 Å². The van der Waals surface area contributed by atoms with Crippen LogP contribution >= 0.6 is 0 Å². The minimum absolute atomic E-state index is 0.0551. The van der Waals surface area contributed by atoms with Crippen molar-refractivity contribution in [2.24, 2.45) is 11.3 Å². The van der Waals surface area contributed by atoms with Gasteiger partial charge in [-0.05, 0) is 38.5 Å². The largest absolute Gasteiger partial charge is 0.299 e. The van der Waals surface area contributed by atoms with Crippen LogP contribution in [-0.4, -0.2) is 5.78 Å². The van der Waals surface area contributed by atoms with Gasteiger partial charge in [-0.2, -0.15) is 0 Å². The number of hydrogen-bond acceptors (Lipinski definition) is 1. The Morgan fingerprint density at radius 1 is 1.36 bits per heavy atom. The molecule has 1 fully saturated rings. The third-order valence-corrected chi connectivity index (χ3v) is 3.94. The minimum Gasteiger partial charge on any atom is -0.299 e. The fourth-order valence-electron chi connectivity index (χ4n) is 2.84. The predicted molar refractivity (Wildman–Crippen MR) is 60.3 cm³/mol. The van der Waals surface area contributed by atoms with E-state index >= 15 is 0 Å². The molecule has 1 aliphatic carbocycles. The van der Waals surface area contributed by atoms with Crippen molar-refractivity contribution in [2.75, 3.05) is 0 Å². The quantitative estimate of drug-likeness (QED) is 0.624. The molecule has 0 aromatic carbocycles. The monoisotopic (exact) mass is 196 g/mol. The molecule has 0 saturated heterocycles. The molecule has 0 N–H and O–H groups in total. The Hall–Kier alpha value is -0.330. The summed E-state index contributed by atoms with van der Waals surface area (Å²) in [6, 6.07) is 0. The van der Waals surface area contributed by atoms with Crippen molar-refractivity contribution in [1.82, 2.24) is 0 Å². The molecule has 0 radical (unpaired) electrons. The van der Waals surface area contributed by atoms with Crippen LogP contribution in [0.4, 0.5) is 0 Å². The van der Waals surface area contributed by atoms with Gasteiger partial charge in [-0.3, -0.25) is 4.79 Å². The summed E-state index contributed by atoms with van der Waals surface area (Å²) in [6.07, 6.45) is 8.35. The standard InChI is InChI=1S/C13H24O/c1-4-8-13(12(3)14)9-5-6-11(2)7-10-13/h11H,4-10H2,1-3H3. The molecule has 1 rings (SSSR count). The summed E-state index contributed by atoms with van der Waals surface area (Å²) in [5.41, 5.74) is 0.0551. The van der Waals surface area contributed by atoms with Crippen molar-refractivity contribution < 1.29 is 4.79 Å². The van der Waals surface area contributed by atoms with Crippen LogP contribution in [0.2, 0.25) is 0 Å². The average molecular weight is 196 g/mol. The van der Waals surface area contributed by atoms with Crippen molar-refractivity contribution in [1.29, 1.82) is 0 Å². The zero-order valence-electron chi connectivity index (χ0n) is 9.94. The van der Waals surface area contributed by atoms with Gasteiger partial charge in [0.1, 0.15) is 5.78 Å². The summed E-state index contributed by atoms with van der Waals surface area (Å²) < 4.78 is 0. The van der Waals surface area contributed by atoms with E-state index in [1.54, 1.807) is 6.92 Å². The molecule has 0 bridgehead atoms. The highest BCUT2D eigenvalue weighted by atomic mass is 16.1. The lowest BCUT2D eigenvalue weighted by molar-refractivity contribution is -0.127. The molecule has 0 aromatic rings. The molecule has 82 valence electrons. The predicted octanol–water partition coefficient (Wildman–Crippen LogP) is 3.96. The van der Waals surface area contributed by atoms with Crippen molar-refractivity contribution in [3.8, 4) is 0 Å². The Morgan fingerprint density at radius 2 is 2.07 bits per heavy atom. The highest BCUT2D eigenvalue weighted by Gasteiger charge is 2.35. The lowest BCUT2D eigenvalue weighted by atomic mass is 9.73. The van der Waals surface area contributed by atoms with Crippen molar-refractivity contribution in [3.05, 3.63) is 0 Å². The van der Waals surface area contributed by atoms with E-state index in [2.05, 4.69) is 13.8 Å². The summed E-state index contributed by atoms with van der Waals surface area (Å²) in [6.45, 7) is 6.31. The summed E-state index contributed by atoms with van der Waals surface area (Å²) in [7, 11) is 0. The Bertz CT molecular complexity index is 197. The maximum atomic E-state index is 11.8. The molecule has 2 atom stereocenters. The van der Waals surface area contributed by atoms with Crippen LogP contribution in [0.25, 0.3) is 0 Å². The smallest absolute Gasteiger partial charge is 0.135 e. The fraction of sp³-hybridized carbons (Fsp3) is 0.923. The van der Waals surface area contributed by atoms with Gasteiger partial charge in [0.15, 0.2) is 0 Å². The van der Waals surface area contributed by atoms with Crippen LogP contribution in [0, 0.1) is 11.3 Å². The molecule has 0 heterocycles. The molecule has 1 aliphatic rings. The Balaban J connectivity index is 2.70. The van der Waals surface area contributed by atoms with E-state index in [-0.39, 0.29) is 5.41 Å². The van der Waals surface area contributed by atoms with Gasteiger partial charge in [0.05, 0.1) is 0 Å². The summed E-state index contributed by atoms with van der Waals surface area (Å²) in [5.74, 6) is 1.27. The molecular weight excluding hydrogens is 172 g/mol. The highest BCUT2D eigenvalue weighted by molar-refractivity contribution is 5.82. The van der Waals surface area contributed by atoms with Gasteiger partial charge >= 0.3 is 0 Å². The van der Waals surface area contributed by atoms with Gasteiger partial charge < -0.3 is 0 Å². The number of ketones is 1. The maximum absolute atomic E-state index is 11.8. The van der Waals surface area contributed by atoms with Crippen LogP contribution in [0.15, 0.2) is 0 Å². The molecule has 2 unspecified atom stereocenters. The van der Waals surface area contributed by atoms with Gasteiger partial charge in [-0.15, -0.1) is 0 Å². The molecule has 1 heteroatoms. The van der Waals surface area contributed by atoms with Gasteiger partial charge in [0.2, 0.25) is 0 Å². The SMILES string of the molecule is CCCC1(C(C)=O)CCCC(C)CC1. The van der Waals surface area contributed by atoms with E-state index in [0.29, 0.717) is 5.78 Å². The average Bonchev–Trinajstić information content (AvgIpc) is 2.30. The second-order valence-corrected chi connectivity index (χ2v) is 5.12. The van der Waals surface area contributed by atoms with Gasteiger partial charge in [0.25, 0.3) is 0 Å². The number of carbonyl (C=O) groups excluding carboxylic acids is 1. The number of carbonyl (C=O) groups is 1. The highest BCUT2D eigenvalue weighted by Crippen LogP contribution is 2.41. The van der Waals surface area contributed by atoms with E-state index in [0.717, 1.165) is 31.6 Å². The van der Waals surface area contributed by atoms with Gasteiger partial charge in [0, 0.05) is 5.41 Å². The molecule has 0 aliphatic heterocycles. The van der Waals surface area contributed by atoms with Crippen LogP contribution in [0.3, 0.4) is 0 Å². The van der Waals surface area contributed by atoms with E-state index in [1.807, 2.05) is 0 Å². The zero-order chi connectivity index (χ0) is 10.6. The lowest BCUT2D eigenvalue weighted by Gasteiger charge is -2.29. The second-order valence-electron chi connectivity index (χ2n) is 5.12. The Kier molecular flexibility index (Phi) is 4.15. The first kappa shape index (κ1) is 11.7. The second kappa shape index (κ2) is 4.95. The topological polar surface area (TPSA) is 17.1 Å². The molecule has 0 amide bonds. The summed E-state index contributed by atoms with van der Waals surface area (Å²) in [5, 5.41) is 0. The fourth-order valence-corrected chi connectivity index (χ4v) is 2.84. The number of Topliss-reactive ketones (excluding diaryl/α,β-unsaturated/α-hetero) is 1. The maximum Gasteiger partial charge on any atom is 0.135 e. The Labute approximate surface area is 88.3 Å². The van der Waals surface area contributed by atoms with Crippen molar-refractivity contribution >= 4 is 5.78 Å². The molecule has 1 saturated carbocycles. The van der Waals surface area contributed by atoms with Crippen LogP contribution in [-0.2, 0) is 4.79 Å². The van der Waals surface area contributed by atoms with Crippen molar-refractivity contribution in [2.45, 2.75) is 65.7 Å². The van der Waals surface area contributed by atoms with Crippen molar-refractivity contribution in [3.63, 3.8) is 0 Å². The molecule has 1 nitrogen and oxygen atoms in total. The first-order valence-corrected chi connectivity index (χ1v) is 6.12. The van der Waals surface area contributed by atoms with E-state index in [9.17, 15) is 4.79 Å². The van der Waals surface area contributed by atoms with E-state index in [4.69, 9.17) is 0 Å². The van der Waals surface area contributed by atoms with Gasteiger partial charge in [-0.25, -0.2) is 0 Å². The number of rotatable bonds is 3. The Morgan fingerprint density at radius 3 is 2.64 bits per heavy atom. The van der Waals surface area contributed by atoms with Crippen LogP contribution in [0.5, 0.6) is 0 Å². The molecular formula is C13H24O. The van der Waals surface area contributed by atoms with Crippen LogP contribution in [0.1, 0.15) is 65.7 Å². The third kappa shape index (κ3) is 2.59.